The quantitative estimate of drug-likeness (QED) is 0.623. The minimum absolute atomic E-state index is 0.283. The van der Waals surface area contributed by atoms with E-state index in [1.807, 2.05) is 12.4 Å². The Hall–Kier alpha value is -0.930. The van der Waals surface area contributed by atoms with E-state index in [4.69, 9.17) is 5.84 Å². The van der Waals surface area contributed by atoms with Gasteiger partial charge in [0.25, 0.3) is 0 Å². The Balaban J connectivity index is 2.14. The number of rotatable bonds is 3. The maximum absolute atomic E-state index is 5.77. The highest BCUT2D eigenvalue weighted by Crippen LogP contribution is 2.36. The van der Waals surface area contributed by atoms with Gasteiger partial charge in [0, 0.05) is 18.4 Å². The Kier molecular flexibility index (Phi) is 4.13. The number of nitrogens with zero attached hydrogens (tertiary/aromatic N) is 1. The normalized spacial score (nSPS) is 26.8. The number of nitrogens with one attached hydrogen (secondary N) is 1. The van der Waals surface area contributed by atoms with E-state index in [1.165, 1.54) is 36.8 Å². The van der Waals surface area contributed by atoms with Crippen molar-refractivity contribution in [2.45, 2.75) is 45.6 Å². The molecule has 3 N–H and O–H groups in total. The minimum atomic E-state index is 0.283. The number of aromatic nitrogens is 1. The van der Waals surface area contributed by atoms with Crippen LogP contribution in [0.5, 0.6) is 0 Å². The number of aryl methyl sites for hydroxylation is 1. The first-order valence-corrected chi connectivity index (χ1v) is 6.59. The van der Waals surface area contributed by atoms with Crippen LogP contribution in [-0.2, 0) is 0 Å². The zero-order valence-electron chi connectivity index (χ0n) is 10.8. The van der Waals surface area contributed by atoms with Crippen molar-refractivity contribution in [1.29, 1.82) is 0 Å². The summed E-state index contributed by atoms with van der Waals surface area (Å²) in [4.78, 5) is 4.15. The molecule has 1 aromatic rings. The maximum atomic E-state index is 5.77. The lowest BCUT2D eigenvalue weighted by Gasteiger charge is -2.33. The predicted molar refractivity (Wildman–Crippen MR) is 70.2 cm³/mol. The van der Waals surface area contributed by atoms with Crippen LogP contribution in [0.1, 0.15) is 49.8 Å². The molecule has 0 amide bonds. The SMILES string of the molecule is Cc1cnccc1C(NN)C1CCC(C)CC1. The third-order valence-corrected chi connectivity index (χ3v) is 4.11. The van der Waals surface area contributed by atoms with Crippen LogP contribution in [0, 0.1) is 18.8 Å². The van der Waals surface area contributed by atoms with Crippen molar-refractivity contribution in [2.75, 3.05) is 0 Å². The van der Waals surface area contributed by atoms with Crippen LogP contribution < -0.4 is 11.3 Å². The van der Waals surface area contributed by atoms with Gasteiger partial charge in [0.05, 0.1) is 0 Å². The van der Waals surface area contributed by atoms with Crippen molar-refractivity contribution >= 4 is 0 Å². The van der Waals surface area contributed by atoms with Gasteiger partial charge in [0.2, 0.25) is 0 Å². The van der Waals surface area contributed by atoms with Gasteiger partial charge in [0.15, 0.2) is 0 Å². The Labute approximate surface area is 104 Å². The number of hydrazine groups is 1. The summed E-state index contributed by atoms with van der Waals surface area (Å²) in [5.41, 5.74) is 5.55. The first-order valence-electron chi connectivity index (χ1n) is 6.59. The molecule has 0 aliphatic heterocycles. The van der Waals surface area contributed by atoms with Crippen molar-refractivity contribution in [1.82, 2.24) is 10.4 Å². The van der Waals surface area contributed by atoms with Gasteiger partial charge in [-0.3, -0.25) is 16.3 Å². The molecule has 1 saturated carbocycles. The Morgan fingerprint density at radius 1 is 1.35 bits per heavy atom. The zero-order chi connectivity index (χ0) is 12.3. The Morgan fingerprint density at radius 3 is 2.65 bits per heavy atom. The predicted octanol–water partition coefficient (Wildman–Crippen LogP) is 2.72. The molecule has 3 nitrogen and oxygen atoms in total. The minimum Gasteiger partial charge on any atom is -0.271 e. The number of nitrogens with two attached hydrogens (primary N) is 1. The van der Waals surface area contributed by atoms with E-state index in [2.05, 4.69) is 30.3 Å². The fourth-order valence-corrected chi connectivity index (χ4v) is 2.93. The van der Waals surface area contributed by atoms with Crippen LogP contribution in [0.25, 0.3) is 0 Å². The zero-order valence-corrected chi connectivity index (χ0v) is 10.8. The molecule has 1 unspecified atom stereocenters. The molecule has 0 aromatic carbocycles. The molecule has 1 heterocycles. The monoisotopic (exact) mass is 233 g/mol. The van der Waals surface area contributed by atoms with Gasteiger partial charge >= 0.3 is 0 Å². The second-order valence-electron chi connectivity index (χ2n) is 5.40. The molecule has 94 valence electrons. The molecule has 0 radical (unpaired) electrons. The van der Waals surface area contributed by atoms with Gasteiger partial charge in [-0.1, -0.05) is 19.8 Å². The summed E-state index contributed by atoms with van der Waals surface area (Å²) in [7, 11) is 0. The van der Waals surface area contributed by atoms with Gasteiger partial charge < -0.3 is 0 Å². The summed E-state index contributed by atoms with van der Waals surface area (Å²) >= 11 is 0. The average molecular weight is 233 g/mol. The molecule has 0 bridgehead atoms. The van der Waals surface area contributed by atoms with E-state index in [0.29, 0.717) is 5.92 Å². The van der Waals surface area contributed by atoms with Crippen molar-refractivity contribution in [2.24, 2.45) is 17.7 Å². The molecule has 1 aliphatic carbocycles. The molecule has 17 heavy (non-hydrogen) atoms. The molecule has 1 aromatic heterocycles. The molecular weight excluding hydrogens is 210 g/mol. The lowest BCUT2D eigenvalue weighted by atomic mass is 9.77. The first kappa shape index (κ1) is 12.5. The van der Waals surface area contributed by atoms with Crippen LogP contribution in [-0.4, -0.2) is 4.98 Å². The topological polar surface area (TPSA) is 50.9 Å². The highest BCUT2D eigenvalue weighted by atomic mass is 15.2. The summed E-state index contributed by atoms with van der Waals surface area (Å²) in [5, 5.41) is 0. The van der Waals surface area contributed by atoms with E-state index in [0.717, 1.165) is 5.92 Å². The van der Waals surface area contributed by atoms with E-state index < -0.39 is 0 Å². The molecule has 0 saturated heterocycles. The third-order valence-electron chi connectivity index (χ3n) is 4.11. The fraction of sp³-hybridized carbons (Fsp3) is 0.643. The van der Waals surface area contributed by atoms with Crippen LogP contribution >= 0.6 is 0 Å². The number of hydrogen-bond donors (Lipinski definition) is 2. The smallest absolute Gasteiger partial charge is 0.0491 e. The largest absolute Gasteiger partial charge is 0.271 e. The van der Waals surface area contributed by atoms with Gasteiger partial charge in [-0.05, 0) is 48.8 Å². The van der Waals surface area contributed by atoms with E-state index >= 15 is 0 Å². The summed E-state index contributed by atoms with van der Waals surface area (Å²) < 4.78 is 0. The van der Waals surface area contributed by atoms with Crippen LogP contribution in [0.4, 0.5) is 0 Å². The summed E-state index contributed by atoms with van der Waals surface area (Å²) in [6.45, 7) is 4.46. The van der Waals surface area contributed by atoms with Crippen molar-refractivity contribution in [3.63, 3.8) is 0 Å². The highest BCUT2D eigenvalue weighted by molar-refractivity contribution is 5.26. The highest BCUT2D eigenvalue weighted by Gasteiger charge is 2.27. The van der Waals surface area contributed by atoms with Gasteiger partial charge in [-0.25, -0.2) is 0 Å². The maximum Gasteiger partial charge on any atom is 0.0491 e. The fourth-order valence-electron chi connectivity index (χ4n) is 2.93. The Morgan fingerprint density at radius 2 is 2.06 bits per heavy atom. The van der Waals surface area contributed by atoms with Gasteiger partial charge in [-0.2, -0.15) is 0 Å². The molecule has 1 fully saturated rings. The summed E-state index contributed by atoms with van der Waals surface area (Å²) in [6, 6.07) is 2.38. The molecule has 0 spiro atoms. The third kappa shape index (κ3) is 2.85. The molecule has 2 rings (SSSR count). The van der Waals surface area contributed by atoms with Crippen LogP contribution in [0.2, 0.25) is 0 Å². The lowest BCUT2D eigenvalue weighted by molar-refractivity contribution is 0.232. The number of pyridine rings is 1. The summed E-state index contributed by atoms with van der Waals surface area (Å²) in [5.74, 6) is 7.31. The van der Waals surface area contributed by atoms with Crippen LogP contribution in [0.15, 0.2) is 18.5 Å². The molecular formula is C14H23N3. The number of hydrogen-bond acceptors (Lipinski definition) is 3. The van der Waals surface area contributed by atoms with Crippen molar-refractivity contribution in [3.05, 3.63) is 29.6 Å². The first-order chi connectivity index (χ1) is 8.22. The van der Waals surface area contributed by atoms with Gasteiger partial charge in [-0.15, -0.1) is 0 Å². The van der Waals surface area contributed by atoms with Crippen LogP contribution in [0.3, 0.4) is 0 Å². The molecule has 3 heteroatoms. The van der Waals surface area contributed by atoms with Gasteiger partial charge in [0.1, 0.15) is 0 Å². The standard InChI is InChI=1S/C14H23N3/c1-10-3-5-12(6-4-10)14(17-15)13-7-8-16-9-11(13)2/h7-10,12,14,17H,3-6,15H2,1-2H3. The average Bonchev–Trinajstić information content (AvgIpc) is 2.35. The lowest BCUT2D eigenvalue weighted by Crippen LogP contribution is -2.35. The van der Waals surface area contributed by atoms with E-state index in [1.54, 1.807) is 0 Å². The molecule has 1 aliphatic rings. The van der Waals surface area contributed by atoms with E-state index in [9.17, 15) is 0 Å². The Bertz CT molecular complexity index is 356. The van der Waals surface area contributed by atoms with Crippen molar-refractivity contribution in [3.8, 4) is 0 Å². The second-order valence-corrected chi connectivity index (χ2v) is 5.40. The van der Waals surface area contributed by atoms with Crippen molar-refractivity contribution < 1.29 is 0 Å². The summed E-state index contributed by atoms with van der Waals surface area (Å²) in [6.07, 6.45) is 8.98. The second kappa shape index (κ2) is 5.61. The molecule has 1 atom stereocenters. The van der Waals surface area contributed by atoms with E-state index in [-0.39, 0.29) is 6.04 Å².